The van der Waals surface area contributed by atoms with E-state index in [0.29, 0.717) is 51.6 Å². The number of benzene rings is 2. The number of aliphatic imine (C=N–C) groups is 3. The van der Waals surface area contributed by atoms with Gasteiger partial charge in [0.2, 0.25) is 29.4 Å². The van der Waals surface area contributed by atoms with Crippen LogP contribution in [0.15, 0.2) is 59.7 Å². The van der Waals surface area contributed by atoms with Crippen LogP contribution in [0.1, 0.15) is 23.3 Å². The highest BCUT2D eigenvalue weighted by molar-refractivity contribution is 5.88. The number of guanidine groups is 3. The van der Waals surface area contributed by atoms with E-state index >= 15 is 0 Å². The van der Waals surface area contributed by atoms with Crippen molar-refractivity contribution in [2.45, 2.75) is 30.2 Å². The van der Waals surface area contributed by atoms with Gasteiger partial charge in [0.15, 0.2) is 29.2 Å². The van der Waals surface area contributed by atoms with Crippen LogP contribution in [0, 0.1) is 0 Å². The minimum absolute atomic E-state index is 0.0940. The maximum Gasteiger partial charge on any atom is 0.311 e. The average Bonchev–Trinajstić information content (AvgIpc) is 3.79. The molecule has 5 heterocycles. The molecule has 0 aliphatic carbocycles. The Labute approximate surface area is 267 Å². The number of fused-ring (bicyclic) bond motifs is 4. The van der Waals surface area contributed by atoms with Gasteiger partial charge in [-0.2, -0.15) is 9.98 Å². The van der Waals surface area contributed by atoms with Gasteiger partial charge >= 0.3 is 11.8 Å². The highest BCUT2D eigenvalue weighted by Gasteiger charge is 2.71. The molecule has 1 fully saturated rings. The van der Waals surface area contributed by atoms with E-state index in [-0.39, 0.29) is 11.9 Å². The van der Waals surface area contributed by atoms with Crippen LogP contribution in [0.25, 0.3) is 0 Å². The van der Waals surface area contributed by atoms with Crippen LogP contribution in [0.2, 0.25) is 0 Å². The lowest BCUT2D eigenvalue weighted by atomic mass is 9.99. The minimum Gasteiger partial charge on any atom is -0.493 e. The Hall–Kier alpha value is -5.51. The molecule has 5 aliphatic rings. The fourth-order valence-electron chi connectivity index (χ4n) is 6.38. The molecule has 47 heavy (non-hydrogen) atoms. The molecule has 0 radical (unpaired) electrons. The van der Waals surface area contributed by atoms with Crippen LogP contribution >= 0.6 is 0 Å². The second kappa shape index (κ2) is 10.5. The van der Waals surface area contributed by atoms with E-state index in [9.17, 15) is 0 Å². The molecule has 0 amide bonds. The third-order valence-electron chi connectivity index (χ3n) is 8.23. The first-order valence-corrected chi connectivity index (χ1v) is 14.0. The smallest absolute Gasteiger partial charge is 0.311 e. The molecule has 8 N–H and O–H groups in total. The molecule has 1 saturated heterocycles. The number of hydrazine groups is 2. The molecule has 7 rings (SSSR count). The summed E-state index contributed by atoms with van der Waals surface area (Å²) in [6.07, 6.45) is -1.48. The van der Waals surface area contributed by atoms with Gasteiger partial charge in [0.1, 0.15) is 12.2 Å². The summed E-state index contributed by atoms with van der Waals surface area (Å²) in [4.78, 5) is 15.5. The quantitative estimate of drug-likeness (QED) is 0.262. The first-order chi connectivity index (χ1) is 22.6. The number of ether oxygens (including phenoxy) is 6. The van der Waals surface area contributed by atoms with E-state index in [0.717, 1.165) is 0 Å². The SMILES string of the molecule is COc1cc(C2C3N=C(N4C(c5cc(OC)c(OC)c(OC)c5)N(C5(N)N=NC(N)=N5)N34)N2C2(N)N=NC(N)=N2)cc(OC)c1OC. The van der Waals surface area contributed by atoms with Gasteiger partial charge in [0, 0.05) is 0 Å². The first kappa shape index (κ1) is 30.2. The summed E-state index contributed by atoms with van der Waals surface area (Å²) in [6.45, 7) is 0. The van der Waals surface area contributed by atoms with Crippen LogP contribution in [-0.2, 0) is 0 Å². The normalized spacial score (nSPS) is 28.9. The molecule has 5 aliphatic heterocycles. The first-order valence-electron chi connectivity index (χ1n) is 14.0. The van der Waals surface area contributed by atoms with Gasteiger partial charge in [0.05, 0.1) is 42.7 Å². The molecule has 2 bridgehead atoms. The second-order valence-corrected chi connectivity index (χ2v) is 10.7. The largest absolute Gasteiger partial charge is 0.493 e. The molecule has 5 unspecified atom stereocenters. The monoisotopic (exact) mass is 651 g/mol. The lowest BCUT2D eigenvalue weighted by molar-refractivity contribution is -0.390. The van der Waals surface area contributed by atoms with Gasteiger partial charge in [-0.3, -0.25) is 16.4 Å². The lowest BCUT2D eigenvalue weighted by Crippen LogP contribution is -2.82. The number of methoxy groups -OCH3 is 6. The van der Waals surface area contributed by atoms with E-state index in [1.807, 2.05) is 5.01 Å². The van der Waals surface area contributed by atoms with Crippen LogP contribution in [0.3, 0.4) is 0 Å². The predicted octanol–water partition coefficient (Wildman–Crippen LogP) is -0.0600. The van der Waals surface area contributed by atoms with Crippen molar-refractivity contribution in [2.75, 3.05) is 42.7 Å². The van der Waals surface area contributed by atoms with Crippen molar-refractivity contribution in [1.82, 2.24) is 20.0 Å². The highest BCUT2D eigenvalue weighted by atomic mass is 16.5. The Morgan fingerprint density at radius 1 is 0.660 bits per heavy atom. The van der Waals surface area contributed by atoms with E-state index < -0.39 is 30.2 Å². The second-order valence-electron chi connectivity index (χ2n) is 10.7. The van der Waals surface area contributed by atoms with E-state index in [1.54, 1.807) is 39.3 Å². The average molecular weight is 652 g/mol. The summed E-state index contributed by atoms with van der Waals surface area (Å²) in [5.41, 5.74) is 26.8. The minimum atomic E-state index is -1.77. The van der Waals surface area contributed by atoms with Crippen LogP contribution in [0.5, 0.6) is 34.5 Å². The number of nitrogens with two attached hydrogens (primary N) is 4. The maximum atomic E-state index is 6.83. The molecule has 2 aromatic rings. The van der Waals surface area contributed by atoms with E-state index in [2.05, 4.69) is 30.4 Å². The number of hydrogen-bond acceptors (Lipinski definition) is 21. The maximum absolute atomic E-state index is 6.83. The Morgan fingerprint density at radius 3 is 1.55 bits per heavy atom. The van der Waals surface area contributed by atoms with Crippen molar-refractivity contribution in [3.63, 3.8) is 0 Å². The van der Waals surface area contributed by atoms with Gasteiger partial charge in [-0.25, -0.2) is 10.0 Å². The molecular weight excluding hydrogens is 618 g/mol. The van der Waals surface area contributed by atoms with E-state index in [1.165, 1.54) is 42.7 Å². The van der Waals surface area contributed by atoms with Crippen molar-refractivity contribution in [3.8, 4) is 34.5 Å². The zero-order valence-corrected chi connectivity index (χ0v) is 26.2. The van der Waals surface area contributed by atoms with Crippen LogP contribution < -0.4 is 51.4 Å². The van der Waals surface area contributed by atoms with Crippen LogP contribution in [0.4, 0.5) is 0 Å². The molecule has 0 aromatic heterocycles. The molecule has 0 spiro atoms. The summed E-state index contributed by atoms with van der Waals surface area (Å²) >= 11 is 0. The van der Waals surface area contributed by atoms with Gasteiger partial charge in [0.25, 0.3) is 0 Å². The van der Waals surface area contributed by atoms with Gasteiger partial charge in [-0.15, -0.1) is 30.6 Å². The summed E-state index contributed by atoms with van der Waals surface area (Å²) in [5.74, 6) is -0.956. The molecule has 21 nitrogen and oxygen atoms in total. The Balaban J connectivity index is 1.41. The summed E-state index contributed by atoms with van der Waals surface area (Å²) in [6, 6.07) is 6.42. The van der Waals surface area contributed by atoms with Gasteiger partial charge in [-0.1, -0.05) is 0 Å². The third-order valence-corrected chi connectivity index (χ3v) is 8.23. The molecule has 5 atom stereocenters. The third kappa shape index (κ3) is 4.13. The standard InChI is InChI=1S/C26H33N15O6/c1-42-13-7-11(8-14(43-2)18(13)46-5)17-20-31-24(38(17)25(29)32-22(27)34-36-25)39-21(40(41(20)39)26(30)33-23(28)35-37-26)12-9-15(44-3)19(47-6)16(10-12)45-4/h7-10,17,20-21H,29-30H2,1-6H3,(H2,27,32)(H2,28,33). The Bertz CT molecular complexity index is 1750. The van der Waals surface area contributed by atoms with Crippen molar-refractivity contribution < 1.29 is 28.4 Å². The van der Waals surface area contributed by atoms with Crippen LogP contribution in [-0.4, -0.2) is 98.6 Å². The van der Waals surface area contributed by atoms with Crippen molar-refractivity contribution in [2.24, 2.45) is 58.4 Å². The van der Waals surface area contributed by atoms with Gasteiger partial charge in [-0.05, 0) is 35.4 Å². The molecule has 0 saturated carbocycles. The lowest BCUT2D eigenvalue weighted by Gasteiger charge is -2.64. The zero-order chi connectivity index (χ0) is 33.4. The molecule has 21 heteroatoms. The number of rotatable bonds is 10. The number of hydrogen-bond donors (Lipinski definition) is 4. The van der Waals surface area contributed by atoms with Crippen molar-refractivity contribution in [1.29, 1.82) is 0 Å². The predicted molar refractivity (Wildman–Crippen MR) is 163 cm³/mol. The summed E-state index contributed by atoms with van der Waals surface area (Å²) < 4.78 is 33.7. The Morgan fingerprint density at radius 2 is 1.13 bits per heavy atom. The highest BCUT2D eigenvalue weighted by Crippen LogP contribution is 2.58. The fourth-order valence-corrected chi connectivity index (χ4v) is 6.38. The van der Waals surface area contributed by atoms with Crippen molar-refractivity contribution in [3.05, 3.63) is 35.4 Å². The van der Waals surface area contributed by atoms with Gasteiger partial charge < -0.3 is 39.9 Å². The fraction of sp³-hybridized carbons (Fsp3) is 0.423. The Kier molecular flexibility index (Phi) is 6.75. The molecular formula is C26H33N15O6. The molecule has 248 valence electrons. The zero-order valence-electron chi connectivity index (χ0n) is 26.2. The van der Waals surface area contributed by atoms with E-state index in [4.69, 9.17) is 56.3 Å². The number of nitrogens with zero attached hydrogens (tertiary/aromatic N) is 11. The topological polar surface area (TPSA) is 259 Å². The summed E-state index contributed by atoms with van der Waals surface area (Å²) in [5, 5.41) is 21.7. The van der Waals surface area contributed by atoms with Crippen molar-refractivity contribution >= 4 is 17.9 Å². The number of azo groups is 2. The summed E-state index contributed by atoms with van der Waals surface area (Å²) in [7, 11) is 9.11. The molecule has 2 aromatic carbocycles.